The van der Waals surface area contributed by atoms with Crippen LogP contribution in [0.1, 0.15) is 11.4 Å². The van der Waals surface area contributed by atoms with E-state index in [-0.39, 0.29) is 28.6 Å². The van der Waals surface area contributed by atoms with Gasteiger partial charge in [-0.2, -0.15) is 23.1 Å². The maximum absolute atomic E-state index is 14.1. The second-order valence-corrected chi connectivity index (χ2v) is 6.42. The Bertz CT molecular complexity index is 1250. The van der Waals surface area contributed by atoms with Gasteiger partial charge in [-0.15, -0.1) is 0 Å². The second-order valence-electron chi connectivity index (χ2n) is 6.42. The maximum atomic E-state index is 14.1. The fourth-order valence-electron chi connectivity index (χ4n) is 3.00. The van der Waals surface area contributed by atoms with Crippen LogP contribution in [0.5, 0.6) is 0 Å². The molecule has 0 saturated heterocycles. The molecule has 154 valence electrons. The standard InChI is InChI=1S/C19H13F5N6/c1-9-26-17-13(21)6-11(20)7-14(17)30(9)16-8-15(25)28-18(29-16)27-12-4-2-10(3-5-12)19(22,23)24/h2-8H,1H3,(H3,25,27,28,29). The first-order valence-corrected chi connectivity index (χ1v) is 8.55. The van der Waals surface area contributed by atoms with Crippen molar-refractivity contribution in [3.8, 4) is 5.82 Å². The van der Waals surface area contributed by atoms with Crippen molar-refractivity contribution < 1.29 is 22.0 Å². The van der Waals surface area contributed by atoms with Crippen LogP contribution >= 0.6 is 0 Å². The van der Waals surface area contributed by atoms with Crippen molar-refractivity contribution in [2.24, 2.45) is 0 Å². The molecule has 11 heteroatoms. The summed E-state index contributed by atoms with van der Waals surface area (Å²) >= 11 is 0. The molecule has 0 bridgehead atoms. The highest BCUT2D eigenvalue weighted by Gasteiger charge is 2.30. The molecule has 0 amide bonds. The monoisotopic (exact) mass is 420 g/mol. The molecule has 0 aliphatic heterocycles. The third-order valence-electron chi connectivity index (χ3n) is 4.28. The Morgan fingerprint density at radius 3 is 2.33 bits per heavy atom. The molecule has 0 atom stereocenters. The van der Waals surface area contributed by atoms with Crippen LogP contribution in [0, 0.1) is 18.6 Å². The summed E-state index contributed by atoms with van der Waals surface area (Å²) in [7, 11) is 0. The number of benzene rings is 2. The van der Waals surface area contributed by atoms with E-state index < -0.39 is 23.4 Å². The Labute approximate surface area is 166 Å². The summed E-state index contributed by atoms with van der Waals surface area (Å²) in [5, 5.41) is 2.76. The summed E-state index contributed by atoms with van der Waals surface area (Å²) in [5.74, 6) is -1.08. The smallest absolute Gasteiger partial charge is 0.383 e. The van der Waals surface area contributed by atoms with E-state index in [1.54, 1.807) is 6.92 Å². The summed E-state index contributed by atoms with van der Waals surface area (Å²) in [6, 6.07) is 7.48. The largest absolute Gasteiger partial charge is 0.416 e. The fourth-order valence-corrected chi connectivity index (χ4v) is 3.00. The molecule has 4 aromatic rings. The highest BCUT2D eigenvalue weighted by Crippen LogP contribution is 2.30. The van der Waals surface area contributed by atoms with Gasteiger partial charge in [0.05, 0.1) is 11.1 Å². The molecule has 2 heterocycles. The van der Waals surface area contributed by atoms with Crippen molar-refractivity contribution in [3.05, 3.63) is 65.5 Å². The van der Waals surface area contributed by atoms with Gasteiger partial charge in [0.1, 0.15) is 28.8 Å². The van der Waals surface area contributed by atoms with E-state index in [0.717, 1.165) is 24.3 Å². The van der Waals surface area contributed by atoms with Gasteiger partial charge in [0.25, 0.3) is 0 Å². The third kappa shape index (κ3) is 3.61. The van der Waals surface area contributed by atoms with E-state index in [4.69, 9.17) is 5.73 Å². The lowest BCUT2D eigenvalue weighted by molar-refractivity contribution is -0.137. The van der Waals surface area contributed by atoms with Crippen molar-refractivity contribution in [2.45, 2.75) is 13.1 Å². The molecule has 2 aromatic carbocycles. The summed E-state index contributed by atoms with van der Waals surface area (Å²) in [6.45, 7) is 1.58. The number of fused-ring (bicyclic) bond motifs is 1. The molecule has 0 fully saturated rings. The van der Waals surface area contributed by atoms with Crippen LogP contribution in [0.2, 0.25) is 0 Å². The zero-order chi connectivity index (χ0) is 21.6. The average Bonchev–Trinajstić information content (AvgIpc) is 2.97. The Hall–Kier alpha value is -3.76. The minimum atomic E-state index is -4.45. The zero-order valence-electron chi connectivity index (χ0n) is 15.3. The number of alkyl halides is 3. The number of nitrogen functional groups attached to an aromatic ring is 1. The quantitative estimate of drug-likeness (QED) is 0.468. The number of rotatable bonds is 3. The Balaban J connectivity index is 1.75. The summed E-state index contributed by atoms with van der Waals surface area (Å²) in [5.41, 5.74) is 5.43. The first-order chi connectivity index (χ1) is 14.1. The molecule has 6 nitrogen and oxygen atoms in total. The van der Waals surface area contributed by atoms with Crippen LogP contribution in [0.25, 0.3) is 16.9 Å². The number of hydrogen-bond acceptors (Lipinski definition) is 5. The Morgan fingerprint density at radius 2 is 1.67 bits per heavy atom. The topological polar surface area (TPSA) is 81.7 Å². The predicted molar refractivity (Wildman–Crippen MR) is 100 cm³/mol. The molecule has 3 N–H and O–H groups in total. The third-order valence-corrected chi connectivity index (χ3v) is 4.28. The van der Waals surface area contributed by atoms with Crippen LogP contribution in [-0.4, -0.2) is 19.5 Å². The van der Waals surface area contributed by atoms with Crippen LogP contribution in [0.4, 0.5) is 39.4 Å². The summed E-state index contributed by atoms with van der Waals surface area (Å²) < 4.78 is 67.3. The summed E-state index contributed by atoms with van der Waals surface area (Å²) in [6.07, 6.45) is -4.45. The molecule has 0 unspecified atom stereocenters. The predicted octanol–water partition coefficient (Wildman–Crippen LogP) is 4.75. The van der Waals surface area contributed by atoms with Gasteiger partial charge in [0.15, 0.2) is 5.82 Å². The SMILES string of the molecule is Cc1nc2c(F)cc(F)cc2n1-c1cc(N)nc(Nc2ccc(C(F)(F)F)cc2)n1. The molecule has 4 rings (SSSR count). The normalized spacial score (nSPS) is 11.8. The van der Waals surface area contributed by atoms with Gasteiger partial charge >= 0.3 is 6.18 Å². The number of nitrogens with zero attached hydrogens (tertiary/aromatic N) is 4. The van der Waals surface area contributed by atoms with Gasteiger partial charge in [0.2, 0.25) is 5.95 Å². The molecule has 0 aliphatic carbocycles. The Kier molecular flexibility index (Phi) is 4.52. The van der Waals surface area contributed by atoms with Gasteiger partial charge in [-0.3, -0.25) is 4.57 Å². The maximum Gasteiger partial charge on any atom is 0.416 e. The number of aryl methyl sites for hydroxylation is 1. The van der Waals surface area contributed by atoms with Gasteiger partial charge in [-0.25, -0.2) is 13.8 Å². The number of halogens is 5. The molecule has 0 aliphatic rings. The average molecular weight is 420 g/mol. The number of imidazole rings is 1. The highest BCUT2D eigenvalue weighted by molar-refractivity contribution is 5.79. The van der Waals surface area contributed by atoms with Crippen molar-refractivity contribution in [1.29, 1.82) is 0 Å². The molecular formula is C19H13F5N6. The van der Waals surface area contributed by atoms with E-state index in [2.05, 4.69) is 20.3 Å². The molecule has 0 radical (unpaired) electrons. The van der Waals surface area contributed by atoms with Gasteiger partial charge in [0, 0.05) is 23.9 Å². The van der Waals surface area contributed by atoms with Crippen LogP contribution in [0.3, 0.4) is 0 Å². The van der Waals surface area contributed by atoms with Gasteiger partial charge < -0.3 is 11.1 Å². The molecule has 0 saturated carbocycles. The minimum absolute atomic E-state index is 0.0112. The number of anilines is 3. The minimum Gasteiger partial charge on any atom is -0.383 e. The van der Waals surface area contributed by atoms with Crippen molar-refractivity contribution in [3.63, 3.8) is 0 Å². The van der Waals surface area contributed by atoms with Gasteiger partial charge in [-0.1, -0.05) is 0 Å². The molecular weight excluding hydrogens is 407 g/mol. The fraction of sp³-hybridized carbons (Fsp3) is 0.105. The van der Waals surface area contributed by atoms with E-state index in [1.807, 2.05) is 0 Å². The van der Waals surface area contributed by atoms with Crippen LogP contribution in [0.15, 0.2) is 42.5 Å². The van der Waals surface area contributed by atoms with E-state index in [0.29, 0.717) is 11.5 Å². The van der Waals surface area contributed by atoms with Crippen molar-refractivity contribution in [2.75, 3.05) is 11.1 Å². The molecule has 0 spiro atoms. The Morgan fingerprint density at radius 1 is 0.967 bits per heavy atom. The lowest BCUT2D eigenvalue weighted by atomic mass is 10.2. The highest BCUT2D eigenvalue weighted by atomic mass is 19.4. The number of nitrogens with two attached hydrogens (primary N) is 1. The van der Waals surface area contributed by atoms with E-state index in [9.17, 15) is 22.0 Å². The number of nitrogens with one attached hydrogen (secondary N) is 1. The zero-order valence-corrected chi connectivity index (χ0v) is 15.3. The van der Waals surface area contributed by atoms with E-state index >= 15 is 0 Å². The van der Waals surface area contributed by atoms with Crippen LogP contribution < -0.4 is 11.1 Å². The summed E-state index contributed by atoms with van der Waals surface area (Å²) in [4.78, 5) is 12.4. The molecule has 2 aromatic heterocycles. The number of hydrogen-bond donors (Lipinski definition) is 2. The lowest BCUT2D eigenvalue weighted by Crippen LogP contribution is -2.07. The second kappa shape index (κ2) is 6.94. The van der Waals surface area contributed by atoms with Crippen LogP contribution in [-0.2, 0) is 6.18 Å². The van der Waals surface area contributed by atoms with Gasteiger partial charge in [-0.05, 0) is 31.2 Å². The first-order valence-electron chi connectivity index (χ1n) is 8.55. The lowest BCUT2D eigenvalue weighted by Gasteiger charge is -2.11. The first kappa shape index (κ1) is 19.6. The van der Waals surface area contributed by atoms with Crippen molar-refractivity contribution in [1.82, 2.24) is 19.5 Å². The van der Waals surface area contributed by atoms with E-state index in [1.165, 1.54) is 22.8 Å². The number of aromatic nitrogens is 4. The molecule has 30 heavy (non-hydrogen) atoms. The van der Waals surface area contributed by atoms with Crippen molar-refractivity contribution >= 4 is 28.5 Å².